The number of hydrogen-bond donors (Lipinski definition) is 1. The fraction of sp³-hybridized carbons (Fsp3) is 0. The lowest BCUT2D eigenvalue weighted by molar-refractivity contribution is 1.20. The molecule has 3 heterocycles. The summed E-state index contributed by atoms with van der Waals surface area (Å²) in [6.45, 7) is 0. The Morgan fingerprint density at radius 3 is 2.22 bits per heavy atom. The van der Waals surface area contributed by atoms with Gasteiger partial charge in [0.15, 0.2) is 0 Å². The highest BCUT2D eigenvalue weighted by Gasteiger charge is 2.18. The maximum absolute atomic E-state index is 3.71. The van der Waals surface area contributed by atoms with E-state index in [-0.39, 0.29) is 0 Å². The summed E-state index contributed by atoms with van der Waals surface area (Å²) in [5.74, 6) is 0. The molecule has 0 fully saturated rings. The summed E-state index contributed by atoms with van der Waals surface area (Å²) in [7, 11) is 0. The molecule has 0 atom stereocenters. The van der Waals surface area contributed by atoms with E-state index in [0.717, 1.165) is 0 Å². The lowest BCUT2D eigenvalue weighted by Crippen LogP contribution is -1.94. The van der Waals surface area contributed by atoms with E-state index in [0.29, 0.717) is 0 Å². The van der Waals surface area contributed by atoms with Crippen molar-refractivity contribution in [2.45, 2.75) is 0 Å². The molecule has 37 heavy (non-hydrogen) atoms. The summed E-state index contributed by atoms with van der Waals surface area (Å²) in [4.78, 5) is 3.71. The van der Waals surface area contributed by atoms with Gasteiger partial charge in [-0.2, -0.15) is 0 Å². The summed E-state index contributed by atoms with van der Waals surface area (Å²) < 4.78 is 5.10. The fourth-order valence-corrected chi connectivity index (χ4v) is 7.49. The molecule has 9 aromatic rings. The highest BCUT2D eigenvalue weighted by molar-refractivity contribution is 7.26. The van der Waals surface area contributed by atoms with Crippen LogP contribution >= 0.6 is 11.3 Å². The lowest BCUT2D eigenvalue weighted by atomic mass is 10.1. The summed E-state index contributed by atoms with van der Waals surface area (Å²) in [6.07, 6.45) is 0. The van der Waals surface area contributed by atoms with Crippen LogP contribution in [0.25, 0.3) is 80.2 Å². The Kier molecular flexibility index (Phi) is 3.70. The largest absolute Gasteiger partial charge is 0.353 e. The molecule has 0 spiro atoms. The minimum atomic E-state index is 1.20. The summed E-state index contributed by atoms with van der Waals surface area (Å²) in [5, 5.41) is 10.3. The van der Waals surface area contributed by atoms with Crippen LogP contribution in [0.5, 0.6) is 0 Å². The predicted octanol–water partition coefficient (Wildman–Crippen LogP) is 9.94. The smallest absolute Gasteiger partial charge is 0.0646 e. The van der Waals surface area contributed by atoms with Gasteiger partial charge in [-0.05, 0) is 35.7 Å². The molecule has 0 aliphatic rings. The van der Waals surface area contributed by atoms with E-state index < -0.39 is 0 Å². The van der Waals surface area contributed by atoms with E-state index >= 15 is 0 Å². The van der Waals surface area contributed by atoms with Gasteiger partial charge >= 0.3 is 0 Å². The molecular weight excluding hydrogens is 468 g/mol. The van der Waals surface area contributed by atoms with Crippen LogP contribution in [-0.4, -0.2) is 9.55 Å². The SMILES string of the molecule is c1ccc2c(-n3c4ccccc4c4cc5c(cc43)sc3c5ccc4c5ccccc5[nH]c43)cccc2c1. The third kappa shape index (κ3) is 2.54. The van der Waals surface area contributed by atoms with E-state index in [4.69, 9.17) is 0 Å². The Morgan fingerprint density at radius 1 is 0.514 bits per heavy atom. The van der Waals surface area contributed by atoms with Crippen LogP contribution in [0.2, 0.25) is 0 Å². The van der Waals surface area contributed by atoms with Gasteiger partial charge in [0.05, 0.1) is 26.9 Å². The average Bonchev–Trinajstić information content (AvgIpc) is 3.61. The molecular formula is C34H20N2S. The van der Waals surface area contributed by atoms with Crippen molar-refractivity contribution in [3.8, 4) is 5.69 Å². The van der Waals surface area contributed by atoms with Gasteiger partial charge in [0.2, 0.25) is 0 Å². The second kappa shape index (κ2) is 7.00. The van der Waals surface area contributed by atoms with Crippen LogP contribution in [0.3, 0.4) is 0 Å². The minimum absolute atomic E-state index is 1.20. The van der Waals surface area contributed by atoms with E-state index in [1.165, 1.54) is 80.2 Å². The number of nitrogens with one attached hydrogen (secondary N) is 1. The van der Waals surface area contributed by atoms with Crippen molar-refractivity contribution in [3.05, 3.63) is 115 Å². The number of thiophene rings is 1. The predicted molar refractivity (Wildman–Crippen MR) is 161 cm³/mol. The third-order valence-corrected chi connectivity index (χ3v) is 9.10. The van der Waals surface area contributed by atoms with Crippen molar-refractivity contribution in [3.63, 3.8) is 0 Å². The molecule has 6 aromatic carbocycles. The molecule has 2 nitrogen and oxygen atoms in total. The van der Waals surface area contributed by atoms with Crippen molar-refractivity contribution in [2.24, 2.45) is 0 Å². The van der Waals surface area contributed by atoms with Gasteiger partial charge in [0, 0.05) is 47.9 Å². The molecule has 0 aliphatic carbocycles. The second-order valence-corrected chi connectivity index (χ2v) is 10.9. The maximum Gasteiger partial charge on any atom is 0.0646 e. The zero-order valence-electron chi connectivity index (χ0n) is 19.8. The molecule has 0 saturated heterocycles. The number of H-pyrrole nitrogens is 1. The van der Waals surface area contributed by atoms with E-state index in [1.54, 1.807) is 0 Å². The molecule has 0 radical (unpaired) electrons. The Labute approximate surface area is 216 Å². The van der Waals surface area contributed by atoms with Crippen LogP contribution < -0.4 is 0 Å². The molecule has 172 valence electrons. The maximum atomic E-state index is 3.71. The number of aromatic nitrogens is 2. The lowest BCUT2D eigenvalue weighted by Gasteiger charge is -2.11. The van der Waals surface area contributed by atoms with Crippen LogP contribution in [0.4, 0.5) is 0 Å². The number of benzene rings is 6. The minimum Gasteiger partial charge on any atom is -0.353 e. The van der Waals surface area contributed by atoms with Gasteiger partial charge in [0.1, 0.15) is 0 Å². The van der Waals surface area contributed by atoms with Gasteiger partial charge in [-0.1, -0.05) is 84.9 Å². The molecule has 0 bridgehead atoms. The molecule has 0 amide bonds. The average molecular weight is 489 g/mol. The first-order valence-corrected chi connectivity index (χ1v) is 13.4. The van der Waals surface area contributed by atoms with Crippen molar-refractivity contribution in [1.29, 1.82) is 0 Å². The van der Waals surface area contributed by atoms with Crippen molar-refractivity contribution < 1.29 is 0 Å². The normalized spacial score (nSPS) is 12.3. The second-order valence-electron chi connectivity index (χ2n) is 9.85. The zero-order chi connectivity index (χ0) is 24.1. The summed E-state index contributed by atoms with van der Waals surface area (Å²) >= 11 is 1.89. The van der Waals surface area contributed by atoms with Crippen molar-refractivity contribution in [1.82, 2.24) is 9.55 Å². The fourth-order valence-electron chi connectivity index (χ4n) is 6.27. The quantitative estimate of drug-likeness (QED) is 0.237. The Morgan fingerprint density at radius 2 is 1.27 bits per heavy atom. The number of aromatic amines is 1. The third-order valence-electron chi connectivity index (χ3n) is 7.92. The Bertz CT molecular complexity index is 2360. The number of rotatable bonds is 1. The van der Waals surface area contributed by atoms with Crippen LogP contribution in [0, 0.1) is 0 Å². The Balaban J connectivity index is 1.44. The number of fused-ring (bicyclic) bond motifs is 11. The monoisotopic (exact) mass is 488 g/mol. The first-order valence-electron chi connectivity index (χ1n) is 12.6. The standard InChI is InChI=1S/C34H20N2S/c1-2-10-21-20(8-1)9-7-15-29(21)36-30-14-6-4-12-23(30)26-18-27-25-17-16-24-22-11-3-5-13-28(22)35-33(24)34(25)37-32(27)19-31(26)36/h1-19,35H. The first kappa shape index (κ1) is 19.6. The molecule has 0 saturated carbocycles. The van der Waals surface area contributed by atoms with Gasteiger partial charge < -0.3 is 9.55 Å². The van der Waals surface area contributed by atoms with Gasteiger partial charge in [-0.3, -0.25) is 0 Å². The molecule has 0 unspecified atom stereocenters. The summed E-state index contributed by atoms with van der Waals surface area (Å²) in [5.41, 5.74) is 6.16. The molecule has 3 aromatic heterocycles. The topological polar surface area (TPSA) is 20.7 Å². The highest BCUT2D eigenvalue weighted by atomic mass is 32.1. The van der Waals surface area contributed by atoms with Gasteiger partial charge in [-0.25, -0.2) is 0 Å². The van der Waals surface area contributed by atoms with Crippen LogP contribution in [0.15, 0.2) is 115 Å². The van der Waals surface area contributed by atoms with Crippen LogP contribution in [-0.2, 0) is 0 Å². The number of nitrogens with zero attached hydrogens (tertiary/aromatic N) is 1. The van der Waals surface area contributed by atoms with E-state index in [9.17, 15) is 0 Å². The number of hydrogen-bond acceptors (Lipinski definition) is 1. The first-order chi connectivity index (χ1) is 18.3. The van der Waals surface area contributed by atoms with Crippen molar-refractivity contribution in [2.75, 3.05) is 0 Å². The van der Waals surface area contributed by atoms with E-state index in [2.05, 4.69) is 125 Å². The zero-order valence-corrected chi connectivity index (χ0v) is 20.6. The Hall–Kier alpha value is -4.60. The van der Waals surface area contributed by atoms with Crippen LogP contribution in [0.1, 0.15) is 0 Å². The summed E-state index contributed by atoms with van der Waals surface area (Å²) in [6, 6.07) is 42.1. The molecule has 1 N–H and O–H groups in total. The van der Waals surface area contributed by atoms with Gasteiger partial charge in [0.25, 0.3) is 0 Å². The molecule has 3 heteroatoms. The molecule has 9 rings (SSSR count). The van der Waals surface area contributed by atoms with Gasteiger partial charge in [-0.15, -0.1) is 11.3 Å². The van der Waals surface area contributed by atoms with E-state index in [1.807, 2.05) is 11.3 Å². The highest BCUT2D eigenvalue weighted by Crippen LogP contribution is 2.44. The number of para-hydroxylation sites is 2. The van der Waals surface area contributed by atoms with Crippen molar-refractivity contribution >= 4 is 85.9 Å². The molecule has 0 aliphatic heterocycles.